The Morgan fingerprint density at radius 3 is 3.56 bits per heavy atom. The van der Waals surface area contributed by atoms with Crippen LogP contribution in [-0.4, -0.2) is 6.10 Å². The van der Waals surface area contributed by atoms with Crippen LogP contribution in [0.15, 0.2) is 34.3 Å². The van der Waals surface area contributed by atoms with Crippen molar-refractivity contribution in [3.05, 3.63) is 23.9 Å². The first-order valence-electron chi connectivity index (χ1n) is 2.90. The van der Waals surface area contributed by atoms with Gasteiger partial charge >= 0.3 is 0 Å². The summed E-state index contributed by atoms with van der Waals surface area (Å²) in [7, 11) is 0. The Morgan fingerprint density at radius 2 is 2.67 bits per heavy atom. The van der Waals surface area contributed by atoms with Crippen molar-refractivity contribution in [3.8, 4) is 0 Å². The van der Waals surface area contributed by atoms with Crippen LogP contribution in [0.5, 0.6) is 0 Å². The highest BCUT2D eigenvalue weighted by Gasteiger charge is 2.19. The molecule has 2 aliphatic rings. The molecule has 0 aromatic rings. The first kappa shape index (κ1) is 4.73. The SMILES string of the molecule is C1=CC2ON=NC2=CC1. The van der Waals surface area contributed by atoms with E-state index in [1.54, 1.807) is 0 Å². The first-order chi connectivity index (χ1) is 4.47. The number of hydrogen-bond donors (Lipinski definition) is 0. The van der Waals surface area contributed by atoms with Gasteiger partial charge in [0.2, 0.25) is 0 Å². The predicted octanol–water partition coefficient (Wildman–Crippen LogP) is 1.60. The second kappa shape index (κ2) is 1.69. The molecule has 1 atom stereocenters. The molecule has 9 heavy (non-hydrogen) atoms. The van der Waals surface area contributed by atoms with E-state index in [-0.39, 0.29) is 6.10 Å². The lowest BCUT2D eigenvalue weighted by Gasteiger charge is -2.04. The highest BCUT2D eigenvalue weighted by atomic mass is 16.7. The van der Waals surface area contributed by atoms with Gasteiger partial charge in [0.1, 0.15) is 5.70 Å². The fourth-order valence-electron chi connectivity index (χ4n) is 0.914. The van der Waals surface area contributed by atoms with E-state index >= 15 is 0 Å². The van der Waals surface area contributed by atoms with Crippen molar-refractivity contribution >= 4 is 0 Å². The van der Waals surface area contributed by atoms with Gasteiger partial charge in [-0.15, -0.1) is 5.11 Å². The molecule has 1 aliphatic carbocycles. The van der Waals surface area contributed by atoms with Gasteiger partial charge in [0.05, 0.1) is 0 Å². The van der Waals surface area contributed by atoms with Crippen LogP contribution < -0.4 is 0 Å². The fraction of sp³-hybridized carbons (Fsp3) is 0.333. The molecular formula is C6H6N2O. The third-order valence-electron chi connectivity index (χ3n) is 1.38. The van der Waals surface area contributed by atoms with E-state index in [2.05, 4.69) is 10.4 Å². The van der Waals surface area contributed by atoms with Crippen LogP contribution in [0.3, 0.4) is 0 Å². The zero-order chi connectivity index (χ0) is 6.10. The van der Waals surface area contributed by atoms with Gasteiger partial charge in [0, 0.05) is 5.28 Å². The molecule has 0 amide bonds. The molecule has 0 bridgehead atoms. The second-order valence-electron chi connectivity index (χ2n) is 2.00. The third kappa shape index (κ3) is 0.650. The molecule has 0 N–H and O–H groups in total. The lowest BCUT2D eigenvalue weighted by molar-refractivity contribution is 0.131. The van der Waals surface area contributed by atoms with Crippen LogP contribution in [0.25, 0.3) is 0 Å². The smallest absolute Gasteiger partial charge is 0.190 e. The van der Waals surface area contributed by atoms with Gasteiger partial charge < -0.3 is 4.84 Å². The van der Waals surface area contributed by atoms with Crippen molar-refractivity contribution in [2.75, 3.05) is 0 Å². The van der Waals surface area contributed by atoms with Crippen molar-refractivity contribution in [3.63, 3.8) is 0 Å². The molecule has 1 aliphatic heterocycles. The van der Waals surface area contributed by atoms with Crippen LogP contribution in [0.2, 0.25) is 0 Å². The minimum absolute atomic E-state index is 0.0127. The fourth-order valence-corrected chi connectivity index (χ4v) is 0.914. The van der Waals surface area contributed by atoms with Gasteiger partial charge in [-0.2, -0.15) is 0 Å². The van der Waals surface area contributed by atoms with Gasteiger partial charge in [-0.3, -0.25) is 0 Å². The van der Waals surface area contributed by atoms with Crippen molar-refractivity contribution in [1.82, 2.24) is 0 Å². The lowest BCUT2D eigenvalue weighted by Crippen LogP contribution is -2.05. The van der Waals surface area contributed by atoms with Crippen molar-refractivity contribution in [2.45, 2.75) is 12.5 Å². The summed E-state index contributed by atoms with van der Waals surface area (Å²) < 4.78 is 0. The average molecular weight is 122 g/mol. The van der Waals surface area contributed by atoms with E-state index in [4.69, 9.17) is 4.84 Å². The van der Waals surface area contributed by atoms with Crippen LogP contribution >= 0.6 is 0 Å². The van der Waals surface area contributed by atoms with E-state index in [1.165, 1.54) is 0 Å². The zero-order valence-corrected chi connectivity index (χ0v) is 4.82. The second-order valence-corrected chi connectivity index (χ2v) is 2.00. The van der Waals surface area contributed by atoms with Crippen LogP contribution in [0, 0.1) is 0 Å². The number of nitrogens with zero attached hydrogens (tertiary/aromatic N) is 2. The third-order valence-corrected chi connectivity index (χ3v) is 1.38. The lowest BCUT2D eigenvalue weighted by atomic mass is 10.1. The molecule has 0 saturated carbocycles. The van der Waals surface area contributed by atoms with Crippen LogP contribution in [0.1, 0.15) is 6.42 Å². The Balaban J connectivity index is 2.29. The summed E-state index contributed by atoms with van der Waals surface area (Å²) in [6.45, 7) is 0. The zero-order valence-electron chi connectivity index (χ0n) is 4.82. The predicted molar refractivity (Wildman–Crippen MR) is 31.6 cm³/mol. The molecule has 2 rings (SSSR count). The summed E-state index contributed by atoms with van der Waals surface area (Å²) in [5, 5.41) is 7.20. The van der Waals surface area contributed by atoms with Gasteiger partial charge in [0.25, 0.3) is 0 Å². The minimum Gasteiger partial charge on any atom is -0.365 e. The maximum Gasteiger partial charge on any atom is 0.190 e. The summed E-state index contributed by atoms with van der Waals surface area (Å²) in [6.07, 6.45) is 6.99. The average Bonchev–Trinajstić information content (AvgIpc) is 2.33. The molecule has 3 nitrogen and oxygen atoms in total. The monoisotopic (exact) mass is 122 g/mol. The Kier molecular flexibility index (Phi) is 0.886. The number of allylic oxidation sites excluding steroid dienone is 2. The Morgan fingerprint density at radius 1 is 1.67 bits per heavy atom. The first-order valence-corrected chi connectivity index (χ1v) is 2.90. The molecule has 0 aromatic carbocycles. The highest BCUT2D eigenvalue weighted by Crippen LogP contribution is 2.22. The molecule has 0 radical (unpaired) electrons. The van der Waals surface area contributed by atoms with E-state index in [9.17, 15) is 0 Å². The van der Waals surface area contributed by atoms with E-state index in [1.807, 2.05) is 18.2 Å². The summed E-state index contributed by atoms with van der Waals surface area (Å²) in [4.78, 5) is 4.86. The van der Waals surface area contributed by atoms with Crippen molar-refractivity contribution in [2.24, 2.45) is 10.4 Å². The van der Waals surface area contributed by atoms with Crippen LogP contribution in [0.4, 0.5) is 0 Å². The summed E-state index contributed by atoms with van der Waals surface area (Å²) in [5.74, 6) is 0. The van der Waals surface area contributed by atoms with E-state index in [0.717, 1.165) is 12.1 Å². The highest BCUT2D eigenvalue weighted by molar-refractivity contribution is 5.21. The molecule has 0 fully saturated rings. The molecule has 0 spiro atoms. The molecule has 0 aromatic heterocycles. The summed E-state index contributed by atoms with van der Waals surface area (Å²) in [6, 6.07) is 0. The van der Waals surface area contributed by atoms with E-state index in [0.29, 0.717) is 0 Å². The molecule has 1 heterocycles. The molecule has 46 valence electrons. The number of rotatable bonds is 0. The Bertz CT molecular complexity index is 205. The molecule has 0 saturated heterocycles. The number of hydrogen-bond acceptors (Lipinski definition) is 3. The normalized spacial score (nSPS) is 29.3. The largest absolute Gasteiger partial charge is 0.365 e. The van der Waals surface area contributed by atoms with Crippen molar-refractivity contribution in [1.29, 1.82) is 0 Å². The number of fused-ring (bicyclic) bond motifs is 1. The van der Waals surface area contributed by atoms with E-state index < -0.39 is 0 Å². The Hall–Kier alpha value is -1.12. The Labute approximate surface area is 52.7 Å². The van der Waals surface area contributed by atoms with Gasteiger partial charge in [-0.1, -0.05) is 12.2 Å². The molecule has 1 unspecified atom stereocenters. The minimum atomic E-state index is 0.0127. The summed E-state index contributed by atoms with van der Waals surface area (Å²) in [5.41, 5.74) is 0.942. The quantitative estimate of drug-likeness (QED) is 0.449. The standard InChI is InChI=1S/C6H6N2O/c1-2-4-6-5(3-1)7-8-9-6/h2-4,6H,1H2. The topological polar surface area (TPSA) is 34.0 Å². The van der Waals surface area contributed by atoms with Gasteiger partial charge in [0.15, 0.2) is 6.10 Å². The maximum absolute atomic E-state index is 4.86. The maximum atomic E-state index is 4.86. The van der Waals surface area contributed by atoms with Crippen molar-refractivity contribution < 1.29 is 4.84 Å². The molecule has 3 heteroatoms. The molecular weight excluding hydrogens is 116 g/mol. The van der Waals surface area contributed by atoms with Crippen LogP contribution in [-0.2, 0) is 4.84 Å². The summed E-state index contributed by atoms with van der Waals surface area (Å²) >= 11 is 0. The van der Waals surface area contributed by atoms with Gasteiger partial charge in [-0.05, 0) is 12.5 Å². The van der Waals surface area contributed by atoms with Gasteiger partial charge in [-0.25, -0.2) is 0 Å².